The largest absolute Gasteiger partial charge is 0.395 e. The third kappa shape index (κ3) is 4.56. The van der Waals surface area contributed by atoms with Crippen LogP contribution in [0.3, 0.4) is 0 Å². The van der Waals surface area contributed by atoms with Gasteiger partial charge in [0.05, 0.1) is 10.9 Å². The third-order valence-electron chi connectivity index (χ3n) is 2.26. The van der Waals surface area contributed by atoms with Crippen LogP contribution >= 0.6 is 22.9 Å². The molecule has 1 aromatic rings. The summed E-state index contributed by atoms with van der Waals surface area (Å²) < 4.78 is 26.9. The summed E-state index contributed by atoms with van der Waals surface area (Å²) in [7, 11) is -3.56. The lowest BCUT2D eigenvalue weighted by Crippen LogP contribution is -2.37. The number of nitrogens with one attached hydrogen (secondary N) is 1. The Morgan fingerprint density at radius 2 is 2.24 bits per heavy atom. The molecule has 1 aromatic heterocycles. The Morgan fingerprint density at radius 3 is 2.71 bits per heavy atom. The van der Waals surface area contributed by atoms with Crippen LogP contribution in [0.4, 0.5) is 0 Å². The van der Waals surface area contributed by atoms with Crippen LogP contribution in [0.15, 0.2) is 16.3 Å². The molecule has 4 nitrogen and oxygen atoms in total. The standard InChI is InChI=1S/C10H16ClNO3S2/c1-2-3-4-8(7-13)12-17(14,15)10-6-5-9(11)16-10/h5-6,8,12-13H,2-4,7H2,1H3. The Balaban J connectivity index is 2.71. The van der Waals surface area contributed by atoms with Gasteiger partial charge >= 0.3 is 0 Å². The van der Waals surface area contributed by atoms with Crippen molar-refractivity contribution >= 4 is 33.0 Å². The van der Waals surface area contributed by atoms with E-state index in [0.717, 1.165) is 24.2 Å². The van der Waals surface area contributed by atoms with Crippen molar-refractivity contribution in [2.24, 2.45) is 0 Å². The lowest BCUT2D eigenvalue weighted by atomic mass is 10.1. The van der Waals surface area contributed by atoms with Crippen molar-refractivity contribution in [1.82, 2.24) is 4.72 Å². The molecular weight excluding hydrogens is 282 g/mol. The number of rotatable bonds is 7. The van der Waals surface area contributed by atoms with E-state index >= 15 is 0 Å². The van der Waals surface area contributed by atoms with E-state index in [-0.39, 0.29) is 10.8 Å². The summed E-state index contributed by atoms with van der Waals surface area (Å²) >= 11 is 6.70. The molecule has 98 valence electrons. The molecule has 17 heavy (non-hydrogen) atoms. The van der Waals surface area contributed by atoms with E-state index in [9.17, 15) is 8.42 Å². The molecule has 0 saturated carbocycles. The number of thiophene rings is 1. The molecule has 1 heterocycles. The topological polar surface area (TPSA) is 66.4 Å². The molecule has 7 heteroatoms. The molecule has 0 aliphatic carbocycles. The van der Waals surface area contributed by atoms with Crippen molar-refractivity contribution in [2.75, 3.05) is 6.61 Å². The van der Waals surface area contributed by atoms with E-state index in [1.54, 1.807) is 6.07 Å². The molecule has 0 bridgehead atoms. The van der Waals surface area contributed by atoms with E-state index < -0.39 is 16.1 Å². The lowest BCUT2D eigenvalue weighted by Gasteiger charge is -2.15. The first-order valence-electron chi connectivity index (χ1n) is 5.38. The fourth-order valence-electron chi connectivity index (χ4n) is 1.36. The highest BCUT2D eigenvalue weighted by Gasteiger charge is 2.20. The van der Waals surface area contributed by atoms with Gasteiger partial charge in [0, 0.05) is 6.04 Å². The van der Waals surface area contributed by atoms with Gasteiger partial charge in [-0.05, 0) is 18.6 Å². The zero-order chi connectivity index (χ0) is 12.9. The fraction of sp³-hybridized carbons (Fsp3) is 0.600. The monoisotopic (exact) mass is 297 g/mol. The summed E-state index contributed by atoms with van der Waals surface area (Å²) in [5.74, 6) is 0. The maximum Gasteiger partial charge on any atom is 0.250 e. The maximum absolute atomic E-state index is 11.9. The van der Waals surface area contributed by atoms with Crippen molar-refractivity contribution in [2.45, 2.75) is 36.4 Å². The molecule has 2 N–H and O–H groups in total. The summed E-state index contributed by atoms with van der Waals surface area (Å²) in [6.45, 7) is 1.82. The van der Waals surface area contributed by atoms with Crippen LogP contribution in [-0.2, 0) is 10.0 Å². The number of unbranched alkanes of at least 4 members (excludes halogenated alkanes) is 1. The van der Waals surface area contributed by atoms with Gasteiger partial charge < -0.3 is 5.11 Å². The number of hydrogen-bond donors (Lipinski definition) is 2. The Hall–Kier alpha value is -0.140. The van der Waals surface area contributed by atoms with Crippen LogP contribution in [-0.4, -0.2) is 26.2 Å². The predicted octanol–water partition coefficient (Wildman–Crippen LogP) is 2.23. The highest BCUT2D eigenvalue weighted by atomic mass is 35.5. The van der Waals surface area contributed by atoms with Gasteiger partial charge in [0.25, 0.3) is 0 Å². The Labute approximate surface area is 111 Å². The zero-order valence-corrected chi connectivity index (χ0v) is 11.9. The molecule has 1 rings (SSSR count). The van der Waals surface area contributed by atoms with Crippen molar-refractivity contribution in [1.29, 1.82) is 0 Å². The first-order chi connectivity index (χ1) is 7.99. The minimum Gasteiger partial charge on any atom is -0.395 e. The fourth-order valence-corrected chi connectivity index (χ4v) is 4.12. The maximum atomic E-state index is 11.9. The van der Waals surface area contributed by atoms with Gasteiger partial charge in [-0.1, -0.05) is 31.4 Å². The Kier molecular flexibility index (Phi) is 5.88. The van der Waals surface area contributed by atoms with Crippen LogP contribution < -0.4 is 4.72 Å². The van der Waals surface area contributed by atoms with E-state index in [1.807, 2.05) is 6.92 Å². The van der Waals surface area contributed by atoms with Crippen molar-refractivity contribution in [3.63, 3.8) is 0 Å². The normalized spacial score (nSPS) is 13.8. The van der Waals surface area contributed by atoms with Crippen LogP contribution in [0.2, 0.25) is 4.34 Å². The number of hydrogen-bond acceptors (Lipinski definition) is 4. The van der Waals surface area contributed by atoms with Crippen LogP contribution in [0.1, 0.15) is 26.2 Å². The summed E-state index contributed by atoms with van der Waals surface area (Å²) in [6, 6.07) is 2.57. The third-order valence-corrected chi connectivity index (χ3v) is 5.51. The molecule has 0 aliphatic rings. The molecule has 0 saturated heterocycles. The second-order valence-electron chi connectivity index (χ2n) is 3.70. The van der Waals surface area contributed by atoms with Crippen LogP contribution in [0.25, 0.3) is 0 Å². The molecule has 0 fully saturated rings. The second-order valence-corrected chi connectivity index (χ2v) is 7.36. The van der Waals surface area contributed by atoms with E-state index in [4.69, 9.17) is 16.7 Å². The summed E-state index contributed by atoms with van der Waals surface area (Å²) in [4.78, 5) is 0. The van der Waals surface area contributed by atoms with Gasteiger partial charge in [-0.15, -0.1) is 11.3 Å². The predicted molar refractivity (Wildman–Crippen MR) is 70.0 cm³/mol. The van der Waals surface area contributed by atoms with Gasteiger partial charge in [-0.25, -0.2) is 13.1 Å². The average Bonchev–Trinajstić information content (AvgIpc) is 2.71. The van der Waals surface area contributed by atoms with Gasteiger partial charge in [-0.2, -0.15) is 0 Å². The molecule has 1 atom stereocenters. The van der Waals surface area contributed by atoms with E-state index in [1.165, 1.54) is 6.07 Å². The summed E-state index contributed by atoms with van der Waals surface area (Å²) in [5.41, 5.74) is 0. The highest BCUT2D eigenvalue weighted by Crippen LogP contribution is 2.25. The van der Waals surface area contributed by atoms with Gasteiger partial charge in [-0.3, -0.25) is 0 Å². The van der Waals surface area contributed by atoms with Crippen molar-refractivity contribution in [3.8, 4) is 0 Å². The SMILES string of the molecule is CCCCC(CO)NS(=O)(=O)c1ccc(Cl)s1. The highest BCUT2D eigenvalue weighted by molar-refractivity contribution is 7.91. The molecule has 0 radical (unpaired) electrons. The smallest absolute Gasteiger partial charge is 0.250 e. The molecule has 0 spiro atoms. The van der Waals surface area contributed by atoms with Crippen molar-refractivity contribution < 1.29 is 13.5 Å². The molecule has 0 amide bonds. The van der Waals surface area contributed by atoms with E-state index in [0.29, 0.717) is 10.8 Å². The van der Waals surface area contributed by atoms with Crippen LogP contribution in [0.5, 0.6) is 0 Å². The molecule has 1 unspecified atom stereocenters. The summed E-state index contributed by atoms with van der Waals surface area (Å²) in [5, 5.41) is 9.12. The van der Waals surface area contributed by atoms with Gasteiger partial charge in [0.15, 0.2) is 0 Å². The number of halogens is 1. The zero-order valence-electron chi connectivity index (χ0n) is 9.52. The Morgan fingerprint density at radius 1 is 1.53 bits per heavy atom. The van der Waals surface area contributed by atoms with E-state index in [2.05, 4.69) is 4.72 Å². The van der Waals surface area contributed by atoms with Gasteiger partial charge in [0.2, 0.25) is 10.0 Å². The first kappa shape index (κ1) is 14.9. The quantitative estimate of drug-likeness (QED) is 0.811. The minimum absolute atomic E-state index is 0.178. The van der Waals surface area contributed by atoms with Crippen LogP contribution in [0, 0.1) is 0 Å². The molecule has 0 aromatic carbocycles. The lowest BCUT2D eigenvalue weighted by molar-refractivity contribution is 0.248. The molecule has 0 aliphatic heterocycles. The molecular formula is C10H16ClNO3S2. The number of aliphatic hydroxyl groups excluding tert-OH is 1. The number of aliphatic hydroxyl groups is 1. The summed E-state index contributed by atoms with van der Waals surface area (Å²) in [6.07, 6.45) is 2.47. The van der Waals surface area contributed by atoms with Gasteiger partial charge in [0.1, 0.15) is 4.21 Å². The minimum atomic E-state index is -3.56. The second kappa shape index (κ2) is 6.70. The average molecular weight is 298 g/mol. The first-order valence-corrected chi connectivity index (χ1v) is 8.06. The van der Waals surface area contributed by atoms with Crippen molar-refractivity contribution in [3.05, 3.63) is 16.5 Å². The Bertz CT molecular complexity index is 444. The number of sulfonamides is 1.